The van der Waals surface area contributed by atoms with Crippen molar-refractivity contribution in [3.05, 3.63) is 41.2 Å². The minimum absolute atomic E-state index is 0.528. The van der Waals surface area contributed by atoms with Gasteiger partial charge in [-0.25, -0.2) is 9.97 Å². The molecule has 1 aliphatic rings. The van der Waals surface area contributed by atoms with E-state index < -0.39 is 0 Å². The number of anilines is 1. The average Bonchev–Trinajstić information content (AvgIpc) is 2.77. The van der Waals surface area contributed by atoms with Gasteiger partial charge in [0.1, 0.15) is 0 Å². The summed E-state index contributed by atoms with van der Waals surface area (Å²) in [5.41, 5.74) is 0.993. The fraction of sp³-hybridized carbons (Fsp3) is 0.450. The summed E-state index contributed by atoms with van der Waals surface area (Å²) in [5, 5.41) is 3.95. The van der Waals surface area contributed by atoms with Gasteiger partial charge in [-0.15, -0.1) is 0 Å². The standard InChI is InChI=1S/C20H27ClN6O2/c1-4-29-18-16(21)12-15(13-17(18)28-3)14-25-19(22-2)26-8-10-27(11-9-26)20-23-6-5-7-24-20/h5-7,12-13H,4,8-11,14H2,1-3H3,(H,22,25). The van der Waals surface area contributed by atoms with E-state index in [0.717, 1.165) is 43.7 Å². The topological polar surface area (TPSA) is 75.1 Å². The first-order valence-electron chi connectivity index (χ1n) is 9.63. The van der Waals surface area contributed by atoms with E-state index in [4.69, 9.17) is 21.1 Å². The summed E-state index contributed by atoms with van der Waals surface area (Å²) in [6.45, 7) is 6.38. The van der Waals surface area contributed by atoms with Crippen LogP contribution in [0.2, 0.25) is 5.02 Å². The van der Waals surface area contributed by atoms with E-state index in [1.54, 1.807) is 26.6 Å². The van der Waals surface area contributed by atoms with E-state index in [9.17, 15) is 0 Å². The highest BCUT2D eigenvalue weighted by atomic mass is 35.5. The van der Waals surface area contributed by atoms with Gasteiger partial charge in [0.15, 0.2) is 17.5 Å². The number of nitrogens with zero attached hydrogens (tertiary/aromatic N) is 5. The Hall–Kier alpha value is -2.74. The molecule has 0 saturated carbocycles. The number of aromatic nitrogens is 2. The Bertz CT molecular complexity index is 825. The first-order valence-corrected chi connectivity index (χ1v) is 10.0. The Morgan fingerprint density at radius 1 is 1.21 bits per heavy atom. The van der Waals surface area contributed by atoms with Crippen LogP contribution < -0.4 is 19.7 Å². The van der Waals surface area contributed by atoms with Crippen LogP contribution in [0.4, 0.5) is 5.95 Å². The van der Waals surface area contributed by atoms with E-state index in [-0.39, 0.29) is 0 Å². The van der Waals surface area contributed by atoms with Crippen LogP contribution in [0.3, 0.4) is 0 Å². The third kappa shape index (κ3) is 5.20. The molecule has 3 rings (SSSR count). The van der Waals surface area contributed by atoms with Crippen LogP contribution in [-0.2, 0) is 6.54 Å². The number of aliphatic imine (C=N–C) groups is 1. The minimum atomic E-state index is 0.528. The molecule has 1 fully saturated rings. The highest BCUT2D eigenvalue weighted by Gasteiger charge is 2.21. The van der Waals surface area contributed by atoms with Crippen LogP contribution in [0.5, 0.6) is 11.5 Å². The fourth-order valence-electron chi connectivity index (χ4n) is 3.25. The molecule has 0 atom stereocenters. The molecule has 0 unspecified atom stereocenters. The van der Waals surface area contributed by atoms with Gasteiger partial charge in [0.25, 0.3) is 0 Å². The van der Waals surface area contributed by atoms with Crippen molar-refractivity contribution >= 4 is 23.5 Å². The summed E-state index contributed by atoms with van der Waals surface area (Å²) >= 11 is 6.37. The molecule has 0 radical (unpaired) electrons. The summed E-state index contributed by atoms with van der Waals surface area (Å²) in [6.07, 6.45) is 3.54. The van der Waals surface area contributed by atoms with Crippen molar-refractivity contribution in [3.63, 3.8) is 0 Å². The molecule has 0 amide bonds. The SMILES string of the molecule is CCOc1c(Cl)cc(CNC(=NC)N2CCN(c3ncccn3)CC2)cc1OC. The van der Waals surface area contributed by atoms with Crippen LogP contribution in [0.15, 0.2) is 35.6 Å². The molecule has 2 aromatic rings. The molecular weight excluding hydrogens is 392 g/mol. The maximum atomic E-state index is 6.37. The number of guanidine groups is 1. The second kappa shape index (κ2) is 10.2. The predicted octanol–water partition coefficient (Wildman–Crippen LogP) is 2.43. The number of nitrogens with one attached hydrogen (secondary N) is 1. The van der Waals surface area contributed by atoms with Gasteiger partial charge in [0.05, 0.1) is 18.7 Å². The molecule has 29 heavy (non-hydrogen) atoms. The first kappa shape index (κ1) is 21.0. The fourth-order valence-corrected chi connectivity index (χ4v) is 3.53. The largest absolute Gasteiger partial charge is 0.493 e. The van der Waals surface area contributed by atoms with Crippen LogP contribution in [0.25, 0.3) is 0 Å². The lowest BCUT2D eigenvalue weighted by atomic mass is 10.2. The van der Waals surface area contributed by atoms with Gasteiger partial charge in [-0.3, -0.25) is 4.99 Å². The lowest BCUT2D eigenvalue weighted by molar-refractivity contribution is 0.311. The van der Waals surface area contributed by atoms with Gasteiger partial charge in [0, 0.05) is 52.2 Å². The maximum absolute atomic E-state index is 6.37. The van der Waals surface area contributed by atoms with Crippen molar-refractivity contribution in [2.24, 2.45) is 4.99 Å². The van der Waals surface area contributed by atoms with E-state index in [1.807, 2.05) is 25.1 Å². The van der Waals surface area contributed by atoms with Crippen LogP contribution >= 0.6 is 11.6 Å². The summed E-state index contributed by atoms with van der Waals surface area (Å²) in [7, 11) is 3.40. The Morgan fingerprint density at radius 2 is 1.93 bits per heavy atom. The summed E-state index contributed by atoms with van der Waals surface area (Å²) in [4.78, 5) is 17.5. The van der Waals surface area contributed by atoms with Crippen LogP contribution in [0, 0.1) is 0 Å². The number of methoxy groups -OCH3 is 1. The number of hydrogen-bond acceptors (Lipinski definition) is 6. The minimum Gasteiger partial charge on any atom is -0.493 e. The van der Waals surface area contributed by atoms with Crippen molar-refractivity contribution in [3.8, 4) is 11.5 Å². The molecule has 1 aromatic carbocycles. The Kier molecular flexibility index (Phi) is 7.35. The van der Waals surface area contributed by atoms with E-state index >= 15 is 0 Å². The molecule has 2 heterocycles. The highest BCUT2D eigenvalue weighted by molar-refractivity contribution is 6.32. The van der Waals surface area contributed by atoms with Crippen molar-refractivity contribution < 1.29 is 9.47 Å². The molecule has 1 aromatic heterocycles. The molecule has 0 bridgehead atoms. The number of hydrogen-bond donors (Lipinski definition) is 1. The second-order valence-corrected chi connectivity index (χ2v) is 6.87. The average molecular weight is 419 g/mol. The number of halogens is 1. The molecular formula is C20H27ClN6O2. The molecule has 9 heteroatoms. The van der Waals surface area contributed by atoms with Gasteiger partial charge in [-0.2, -0.15) is 0 Å². The summed E-state index contributed by atoms with van der Waals surface area (Å²) in [5.74, 6) is 2.82. The van der Waals surface area contributed by atoms with Crippen molar-refractivity contribution in [2.75, 3.05) is 51.8 Å². The Morgan fingerprint density at radius 3 is 2.55 bits per heavy atom. The zero-order valence-corrected chi connectivity index (χ0v) is 17.8. The molecule has 156 valence electrons. The van der Waals surface area contributed by atoms with Crippen LogP contribution in [0.1, 0.15) is 12.5 Å². The van der Waals surface area contributed by atoms with Crippen molar-refractivity contribution in [1.82, 2.24) is 20.2 Å². The highest BCUT2D eigenvalue weighted by Crippen LogP contribution is 2.36. The monoisotopic (exact) mass is 418 g/mol. The normalized spacial score (nSPS) is 14.7. The third-order valence-electron chi connectivity index (χ3n) is 4.65. The molecule has 1 saturated heterocycles. The maximum Gasteiger partial charge on any atom is 0.225 e. The smallest absolute Gasteiger partial charge is 0.225 e. The zero-order chi connectivity index (χ0) is 20.6. The summed E-state index contributed by atoms with van der Waals surface area (Å²) in [6, 6.07) is 5.65. The Balaban J connectivity index is 1.59. The predicted molar refractivity (Wildman–Crippen MR) is 115 cm³/mol. The van der Waals surface area contributed by atoms with E-state index in [2.05, 4.69) is 30.1 Å². The quantitative estimate of drug-likeness (QED) is 0.570. The van der Waals surface area contributed by atoms with Gasteiger partial charge < -0.3 is 24.6 Å². The zero-order valence-electron chi connectivity index (χ0n) is 17.1. The van der Waals surface area contributed by atoms with E-state index in [1.165, 1.54) is 0 Å². The molecule has 8 nitrogen and oxygen atoms in total. The molecule has 1 N–H and O–H groups in total. The first-order chi connectivity index (χ1) is 14.2. The summed E-state index contributed by atoms with van der Waals surface area (Å²) < 4.78 is 11.0. The van der Waals surface area contributed by atoms with Crippen LogP contribution in [-0.4, -0.2) is 67.8 Å². The van der Waals surface area contributed by atoms with E-state index in [0.29, 0.717) is 29.7 Å². The van der Waals surface area contributed by atoms with Gasteiger partial charge in [-0.1, -0.05) is 11.6 Å². The van der Waals surface area contributed by atoms with Crippen molar-refractivity contribution in [2.45, 2.75) is 13.5 Å². The van der Waals surface area contributed by atoms with Gasteiger partial charge in [-0.05, 0) is 30.7 Å². The lowest BCUT2D eigenvalue weighted by Gasteiger charge is -2.36. The number of ether oxygens (including phenoxy) is 2. The van der Waals surface area contributed by atoms with Gasteiger partial charge >= 0.3 is 0 Å². The molecule has 1 aliphatic heterocycles. The number of piperazine rings is 1. The second-order valence-electron chi connectivity index (χ2n) is 6.47. The Labute approximate surface area is 176 Å². The number of benzene rings is 1. The number of rotatable bonds is 6. The molecule has 0 aliphatic carbocycles. The molecule has 0 spiro atoms. The lowest BCUT2D eigenvalue weighted by Crippen LogP contribution is -2.52. The van der Waals surface area contributed by atoms with Crippen molar-refractivity contribution in [1.29, 1.82) is 0 Å². The van der Waals surface area contributed by atoms with Gasteiger partial charge in [0.2, 0.25) is 5.95 Å². The third-order valence-corrected chi connectivity index (χ3v) is 4.94.